The van der Waals surface area contributed by atoms with E-state index in [0.717, 1.165) is 36.9 Å². The van der Waals surface area contributed by atoms with Crippen LogP contribution in [0.25, 0.3) is 5.70 Å². The lowest BCUT2D eigenvalue weighted by Gasteiger charge is -2.13. The molecule has 7 heteroatoms. The molecule has 3 N–H and O–H groups in total. The Balaban J connectivity index is 1.53. The zero-order chi connectivity index (χ0) is 20.1. The van der Waals surface area contributed by atoms with Crippen LogP contribution in [0.2, 0.25) is 10.0 Å². The number of nitrogens with one attached hydrogen (secondary N) is 3. The number of carbonyl (C=O) groups is 2. The van der Waals surface area contributed by atoms with Gasteiger partial charge in [0.25, 0.3) is 5.91 Å². The summed E-state index contributed by atoms with van der Waals surface area (Å²) in [6.45, 7) is 3.92. The summed E-state index contributed by atoms with van der Waals surface area (Å²) < 4.78 is 0. The van der Waals surface area contributed by atoms with Crippen LogP contribution in [0.5, 0.6) is 0 Å². The molecule has 1 aliphatic carbocycles. The molecule has 0 aliphatic heterocycles. The highest BCUT2D eigenvalue weighted by Crippen LogP contribution is 2.26. The average Bonchev–Trinajstić information content (AvgIpc) is 3.23. The first kappa shape index (κ1) is 20.2. The lowest BCUT2D eigenvalue weighted by atomic mass is 10.1. The van der Waals surface area contributed by atoms with Gasteiger partial charge in [-0.3, -0.25) is 20.4 Å². The maximum Gasteiger partial charge on any atom is 0.269 e. The van der Waals surface area contributed by atoms with Crippen LogP contribution in [0.1, 0.15) is 41.6 Å². The SMILES string of the molecule is C=C(NNC(=O)c1ccc(Cl)c(Cl)c1)c1ccc(NC(=O)C2CCCC2)cc1. The molecule has 0 bridgehead atoms. The topological polar surface area (TPSA) is 70.2 Å². The van der Waals surface area contributed by atoms with Crippen LogP contribution in [0.3, 0.4) is 0 Å². The molecule has 0 radical (unpaired) electrons. The van der Waals surface area contributed by atoms with Crippen LogP contribution >= 0.6 is 23.2 Å². The predicted octanol–water partition coefficient (Wildman–Crippen LogP) is 5.03. The minimum absolute atomic E-state index is 0.0797. The molecule has 0 saturated heterocycles. The third-order valence-corrected chi connectivity index (χ3v) is 5.47. The molecule has 0 heterocycles. The number of benzene rings is 2. The highest BCUT2D eigenvalue weighted by molar-refractivity contribution is 6.42. The van der Waals surface area contributed by atoms with Gasteiger partial charge in [0.2, 0.25) is 5.91 Å². The second-order valence-electron chi connectivity index (χ2n) is 6.73. The van der Waals surface area contributed by atoms with Crippen LogP contribution in [-0.4, -0.2) is 11.8 Å². The fraction of sp³-hybridized carbons (Fsp3) is 0.238. The van der Waals surface area contributed by atoms with Crippen molar-refractivity contribution in [3.8, 4) is 0 Å². The number of anilines is 1. The van der Waals surface area contributed by atoms with Crippen molar-refractivity contribution in [2.75, 3.05) is 5.32 Å². The van der Waals surface area contributed by atoms with Crippen molar-refractivity contribution >= 4 is 46.4 Å². The maximum atomic E-state index is 12.2. The lowest BCUT2D eigenvalue weighted by Crippen LogP contribution is -2.35. The van der Waals surface area contributed by atoms with Gasteiger partial charge in [-0.2, -0.15) is 0 Å². The molecule has 3 rings (SSSR count). The van der Waals surface area contributed by atoms with E-state index >= 15 is 0 Å². The summed E-state index contributed by atoms with van der Waals surface area (Å²) >= 11 is 11.8. The van der Waals surface area contributed by atoms with E-state index in [1.807, 2.05) is 24.3 Å². The smallest absolute Gasteiger partial charge is 0.269 e. The Labute approximate surface area is 174 Å². The molecule has 2 amide bonds. The summed E-state index contributed by atoms with van der Waals surface area (Å²) in [5.41, 5.74) is 7.77. The molecule has 1 fully saturated rings. The van der Waals surface area contributed by atoms with Crippen molar-refractivity contribution < 1.29 is 9.59 Å². The average molecular weight is 418 g/mol. The minimum Gasteiger partial charge on any atom is -0.326 e. The van der Waals surface area contributed by atoms with Gasteiger partial charge in [-0.05, 0) is 48.7 Å². The molecule has 2 aromatic rings. The van der Waals surface area contributed by atoms with Crippen molar-refractivity contribution in [2.45, 2.75) is 25.7 Å². The molecule has 146 valence electrons. The minimum atomic E-state index is -0.361. The van der Waals surface area contributed by atoms with Crippen molar-refractivity contribution in [3.63, 3.8) is 0 Å². The van der Waals surface area contributed by atoms with Gasteiger partial charge in [0.1, 0.15) is 0 Å². The predicted molar refractivity (Wildman–Crippen MR) is 113 cm³/mol. The van der Waals surface area contributed by atoms with E-state index in [2.05, 4.69) is 22.7 Å². The van der Waals surface area contributed by atoms with Gasteiger partial charge in [0, 0.05) is 17.2 Å². The third-order valence-electron chi connectivity index (χ3n) is 4.74. The molecule has 5 nitrogen and oxygen atoms in total. The normalized spacial score (nSPS) is 13.8. The Hall–Kier alpha value is -2.50. The van der Waals surface area contributed by atoms with Gasteiger partial charge in [-0.15, -0.1) is 0 Å². The van der Waals surface area contributed by atoms with E-state index in [9.17, 15) is 9.59 Å². The van der Waals surface area contributed by atoms with E-state index in [0.29, 0.717) is 21.3 Å². The lowest BCUT2D eigenvalue weighted by molar-refractivity contribution is -0.119. The van der Waals surface area contributed by atoms with Gasteiger partial charge in [-0.1, -0.05) is 54.8 Å². The molecule has 1 aliphatic rings. The summed E-state index contributed by atoms with van der Waals surface area (Å²) in [5, 5.41) is 3.64. The summed E-state index contributed by atoms with van der Waals surface area (Å²) in [5.74, 6) is -0.163. The number of hydrazine groups is 1. The number of carbonyl (C=O) groups excluding carboxylic acids is 2. The van der Waals surface area contributed by atoms with Crippen molar-refractivity contribution in [2.24, 2.45) is 5.92 Å². The summed E-state index contributed by atoms with van der Waals surface area (Å²) in [6.07, 6.45) is 4.17. The van der Waals surface area contributed by atoms with Crippen molar-refractivity contribution in [1.29, 1.82) is 0 Å². The fourth-order valence-electron chi connectivity index (χ4n) is 3.10. The zero-order valence-corrected chi connectivity index (χ0v) is 16.7. The summed E-state index contributed by atoms with van der Waals surface area (Å²) in [7, 11) is 0. The molecule has 0 aromatic heterocycles. The van der Waals surface area contributed by atoms with Crippen molar-refractivity contribution in [3.05, 3.63) is 70.2 Å². The zero-order valence-electron chi connectivity index (χ0n) is 15.2. The number of halogens is 2. The first-order chi connectivity index (χ1) is 13.4. The third kappa shape index (κ3) is 5.06. The van der Waals surface area contributed by atoms with Crippen LogP contribution in [0.4, 0.5) is 5.69 Å². The number of hydrogen-bond donors (Lipinski definition) is 3. The quantitative estimate of drug-likeness (QED) is 0.577. The van der Waals surface area contributed by atoms with E-state index < -0.39 is 0 Å². The highest BCUT2D eigenvalue weighted by Gasteiger charge is 2.22. The molecule has 0 spiro atoms. The second-order valence-corrected chi connectivity index (χ2v) is 7.55. The van der Waals surface area contributed by atoms with E-state index in [1.165, 1.54) is 6.07 Å². The standard InChI is InChI=1S/C21H21Cl2N3O2/c1-13(25-26-21(28)16-8-11-18(22)19(23)12-16)14-6-9-17(10-7-14)24-20(27)15-4-2-3-5-15/h6-12,15,25H,1-5H2,(H,24,27)(H,26,28). The molecule has 1 saturated carbocycles. The van der Waals surface area contributed by atoms with Crippen LogP contribution in [-0.2, 0) is 4.79 Å². The maximum absolute atomic E-state index is 12.2. The largest absolute Gasteiger partial charge is 0.326 e. The van der Waals surface area contributed by atoms with E-state index in [4.69, 9.17) is 23.2 Å². The Kier molecular flexibility index (Phi) is 6.60. The first-order valence-corrected chi connectivity index (χ1v) is 9.81. The number of hydrogen-bond acceptors (Lipinski definition) is 3. The van der Waals surface area contributed by atoms with E-state index in [1.54, 1.807) is 12.1 Å². The Morgan fingerprint density at radius 2 is 1.54 bits per heavy atom. The Bertz CT molecular complexity index is 891. The monoisotopic (exact) mass is 417 g/mol. The van der Waals surface area contributed by atoms with E-state index in [-0.39, 0.29) is 17.7 Å². The molecular weight excluding hydrogens is 397 g/mol. The van der Waals surface area contributed by atoms with Gasteiger partial charge >= 0.3 is 0 Å². The fourth-order valence-corrected chi connectivity index (χ4v) is 3.40. The summed E-state index contributed by atoms with van der Waals surface area (Å²) in [6, 6.07) is 11.9. The van der Waals surface area contributed by atoms with Gasteiger partial charge in [0.15, 0.2) is 0 Å². The first-order valence-electron chi connectivity index (χ1n) is 9.05. The molecule has 2 aromatic carbocycles. The Morgan fingerprint density at radius 1 is 0.893 bits per heavy atom. The molecule has 0 atom stereocenters. The van der Waals surface area contributed by atoms with Crippen LogP contribution in [0, 0.1) is 5.92 Å². The van der Waals surface area contributed by atoms with Crippen LogP contribution < -0.4 is 16.2 Å². The van der Waals surface area contributed by atoms with Gasteiger partial charge < -0.3 is 5.32 Å². The molecular formula is C21H21Cl2N3O2. The highest BCUT2D eigenvalue weighted by atomic mass is 35.5. The number of rotatable bonds is 6. The number of amides is 2. The van der Waals surface area contributed by atoms with Gasteiger partial charge in [0.05, 0.1) is 15.7 Å². The molecule has 28 heavy (non-hydrogen) atoms. The van der Waals surface area contributed by atoms with Gasteiger partial charge in [-0.25, -0.2) is 0 Å². The summed E-state index contributed by atoms with van der Waals surface area (Å²) in [4.78, 5) is 24.4. The molecule has 0 unspecified atom stereocenters. The van der Waals surface area contributed by atoms with Crippen LogP contribution in [0.15, 0.2) is 49.0 Å². The second kappa shape index (κ2) is 9.13. The Morgan fingerprint density at radius 3 is 2.18 bits per heavy atom. The van der Waals surface area contributed by atoms with Crippen molar-refractivity contribution in [1.82, 2.24) is 10.9 Å².